The van der Waals surface area contributed by atoms with E-state index in [4.69, 9.17) is 0 Å². The molecule has 3 fully saturated rings. The largest absolute Gasteiger partial charge is 0.311 e. The van der Waals surface area contributed by atoms with Crippen molar-refractivity contribution < 1.29 is 8.42 Å². The molecule has 0 saturated heterocycles. The van der Waals surface area contributed by atoms with Crippen LogP contribution in [0.4, 0.5) is 0 Å². The fourth-order valence-electron chi connectivity index (χ4n) is 4.85. The van der Waals surface area contributed by atoms with Crippen LogP contribution in [0.3, 0.4) is 0 Å². The molecule has 5 heteroatoms. The van der Waals surface area contributed by atoms with Gasteiger partial charge in [0.05, 0.1) is 5.25 Å². The molecule has 0 radical (unpaired) electrons. The summed E-state index contributed by atoms with van der Waals surface area (Å²) < 4.78 is 28.3. The van der Waals surface area contributed by atoms with Crippen LogP contribution in [0.2, 0.25) is 0 Å². The average Bonchev–Trinajstić information content (AvgIpc) is 2.58. The molecule has 0 aromatic carbocycles. The van der Waals surface area contributed by atoms with Crippen molar-refractivity contribution in [1.82, 2.24) is 10.0 Å². The van der Waals surface area contributed by atoms with Gasteiger partial charge in [-0.2, -0.15) is 0 Å². The predicted molar refractivity (Wildman–Crippen MR) is 99.5 cm³/mol. The summed E-state index contributed by atoms with van der Waals surface area (Å²) in [4.78, 5) is 0. The van der Waals surface area contributed by atoms with Gasteiger partial charge in [0.2, 0.25) is 10.0 Å². The Bertz CT molecular complexity index is 472. The number of nitrogens with one attached hydrogen (secondary N) is 2. The summed E-state index contributed by atoms with van der Waals surface area (Å²) in [6.07, 6.45) is 14.8. The van der Waals surface area contributed by atoms with E-state index >= 15 is 0 Å². The highest BCUT2D eigenvalue weighted by Crippen LogP contribution is 2.29. The second-order valence-electron chi connectivity index (χ2n) is 8.59. The van der Waals surface area contributed by atoms with Crippen molar-refractivity contribution in [3.05, 3.63) is 0 Å². The molecule has 3 saturated carbocycles. The summed E-state index contributed by atoms with van der Waals surface area (Å²) in [6, 6.07) is 1.48. The fraction of sp³-hybridized carbons (Fsp3) is 1.00. The molecule has 0 aromatic rings. The normalized spacial score (nSPS) is 36.5. The summed E-state index contributed by atoms with van der Waals surface area (Å²) in [5, 5.41) is 3.69. The van der Waals surface area contributed by atoms with Crippen LogP contribution in [0.5, 0.6) is 0 Å². The third-order valence-electron chi connectivity index (χ3n) is 6.54. The Labute approximate surface area is 148 Å². The van der Waals surface area contributed by atoms with Crippen LogP contribution in [0, 0.1) is 5.92 Å². The molecular formula is C19H36N2O2S. The first-order valence-electron chi connectivity index (χ1n) is 10.3. The Hall–Kier alpha value is -0.130. The Morgan fingerprint density at radius 1 is 0.667 bits per heavy atom. The van der Waals surface area contributed by atoms with Gasteiger partial charge in [-0.05, 0) is 70.1 Å². The highest BCUT2D eigenvalue weighted by atomic mass is 32.2. The van der Waals surface area contributed by atoms with E-state index in [0.717, 1.165) is 51.4 Å². The van der Waals surface area contributed by atoms with Crippen molar-refractivity contribution in [2.45, 2.75) is 114 Å². The minimum Gasteiger partial charge on any atom is -0.311 e. The van der Waals surface area contributed by atoms with E-state index in [0.29, 0.717) is 18.0 Å². The van der Waals surface area contributed by atoms with E-state index in [1.165, 1.54) is 32.1 Å². The van der Waals surface area contributed by atoms with Gasteiger partial charge in [-0.1, -0.05) is 26.2 Å². The van der Waals surface area contributed by atoms with Gasteiger partial charge < -0.3 is 5.32 Å². The van der Waals surface area contributed by atoms with Crippen molar-refractivity contribution in [1.29, 1.82) is 0 Å². The molecule has 0 atom stereocenters. The maximum absolute atomic E-state index is 12.6. The first kappa shape index (κ1) is 18.7. The maximum Gasteiger partial charge on any atom is 0.214 e. The Morgan fingerprint density at radius 2 is 1.21 bits per heavy atom. The molecule has 0 aromatic heterocycles. The molecule has 3 aliphatic carbocycles. The van der Waals surface area contributed by atoms with Gasteiger partial charge in [0.1, 0.15) is 0 Å². The average molecular weight is 357 g/mol. The highest BCUT2D eigenvalue weighted by Gasteiger charge is 2.32. The zero-order valence-electron chi connectivity index (χ0n) is 15.3. The summed E-state index contributed by atoms with van der Waals surface area (Å²) in [5.74, 6) is 0.692. The van der Waals surface area contributed by atoms with E-state index in [2.05, 4.69) is 17.0 Å². The Kier molecular flexibility index (Phi) is 6.61. The van der Waals surface area contributed by atoms with Gasteiger partial charge in [0.15, 0.2) is 0 Å². The van der Waals surface area contributed by atoms with Crippen molar-refractivity contribution in [2.24, 2.45) is 5.92 Å². The summed E-state index contributed by atoms with van der Waals surface area (Å²) in [5.41, 5.74) is 0. The zero-order chi connectivity index (χ0) is 17.0. The van der Waals surface area contributed by atoms with Crippen molar-refractivity contribution >= 4 is 10.0 Å². The van der Waals surface area contributed by atoms with Crippen LogP contribution in [-0.4, -0.2) is 31.8 Å². The van der Waals surface area contributed by atoms with Gasteiger partial charge in [0.25, 0.3) is 0 Å². The lowest BCUT2D eigenvalue weighted by molar-refractivity contribution is 0.272. The van der Waals surface area contributed by atoms with Crippen LogP contribution < -0.4 is 10.0 Å². The second kappa shape index (κ2) is 8.50. The van der Waals surface area contributed by atoms with Crippen molar-refractivity contribution in [2.75, 3.05) is 0 Å². The second-order valence-corrected chi connectivity index (χ2v) is 10.6. The highest BCUT2D eigenvalue weighted by molar-refractivity contribution is 7.90. The molecule has 0 amide bonds. The van der Waals surface area contributed by atoms with Crippen molar-refractivity contribution in [3.63, 3.8) is 0 Å². The molecule has 0 heterocycles. The molecular weight excluding hydrogens is 320 g/mol. The molecule has 140 valence electrons. The third kappa shape index (κ3) is 5.18. The van der Waals surface area contributed by atoms with Crippen LogP contribution in [0.1, 0.15) is 90.4 Å². The molecule has 4 nitrogen and oxygen atoms in total. The first-order valence-corrected chi connectivity index (χ1v) is 11.8. The molecule has 0 spiro atoms. The molecule has 0 aliphatic heterocycles. The van der Waals surface area contributed by atoms with E-state index in [-0.39, 0.29) is 11.3 Å². The van der Waals surface area contributed by atoms with E-state index in [1.807, 2.05) is 0 Å². The topological polar surface area (TPSA) is 58.2 Å². The molecule has 2 N–H and O–H groups in total. The SMILES string of the molecule is CC1CCC(S(=O)(=O)NC2CCC(NC3CCCCC3)CC2)CC1. The Morgan fingerprint density at radius 3 is 1.83 bits per heavy atom. The van der Waals surface area contributed by atoms with Gasteiger partial charge >= 0.3 is 0 Å². The Balaban J connectivity index is 1.41. The monoisotopic (exact) mass is 356 g/mol. The first-order chi connectivity index (χ1) is 11.5. The molecule has 24 heavy (non-hydrogen) atoms. The molecule has 0 unspecified atom stereocenters. The predicted octanol–water partition coefficient (Wildman–Crippen LogP) is 3.72. The molecule has 0 bridgehead atoms. The smallest absolute Gasteiger partial charge is 0.214 e. The number of hydrogen-bond donors (Lipinski definition) is 2. The molecule has 3 rings (SSSR count). The lowest BCUT2D eigenvalue weighted by Gasteiger charge is -2.35. The summed E-state index contributed by atoms with van der Waals surface area (Å²) in [6.45, 7) is 2.23. The van der Waals surface area contributed by atoms with E-state index in [9.17, 15) is 8.42 Å². The third-order valence-corrected chi connectivity index (χ3v) is 8.55. The number of sulfonamides is 1. The van der Waals surface area contributed by atoms with Crippen LogP contribution >= 0.6 is 0 Å². The minimum absolute atomic E-state index is 0.146. The van der Waals surface area contributed by atoms with Gasteiger partial charge in [-0.3, -0.25) is 0 Å². The molecule has 3 aliphatic rings. The lowest BCUT2D eigenvalue weighted by Crippen LogP contribution is -2.47. The van der Waals surface area contributed by atoms with Crippen LogP contribution in [0.15, 0.2) is 0 Å². The standard InChI is InChI=1S/C19H36N2O2S/c1-15-7-13-19(14-8-15)24(22,23)21-18-11-9-17(10-12-18)20-16-5-3-2-4-6-16/h15-21H,2-14H2,1H3. The zero-order valence-corrected chi connectivity index (χ0v) is 16.1. The van der Waals surface area contributed by atoms with Gasteiger partial charge in [0, 0.05) is 18.1 Å². The van der Waals surface area contributed by atoms with E-state index in [1.54, 1.807) is 0 Å². The van der Waals surface area contributed by atoms with E-state index < -0.39 is 10.0 Å². The quantitative estimate of drug-likeness (QED) is 0.789. The minimum atomic E-state index is -3.12. The lowest BCUT2D eigenvalue weighted by atomic mass is 9.89. The van der Waals surface area contributed by atoms with Crippen LogP contribution in [0.25, 0.3) is 0 Å². The van der Waals surface area contributed by atoms with Crippen molar-refractivity contribution in [3.8, 4) is 0 Å². The summed E-state index contributed by atoms with van der Waals surface area (Å²) >= 11 is 0. The van der Waals surface area contributed by atoms with Gasteiger partial charge in [-0.15, -0.1) is 0 Å². The number of hydrogen-bond acceptors (Lipinski definition) is 3. The fourth-order valence-corrected chi connectivity index (χ4v) is 6.63. The number of rotatable bonds is 5. The van der Waals surface area contributed by atoms with Gasteiger partial charge in [-0.25, -0.2) is 13.1 Å². The maximum atomic E-state index is 12.6. The summed E-state index contributed by atoms with van der Waals surface area (Å²) in [7, 11) is -3.12. The van der Waals surface area contributed by atoms with Crippen LogP contribution in [-0.2, 0) is 10.0 Å².